The molecule has 0 amide bonds. The van der Waals surface area contributed by atoms with E-state index in [1.165, 1.54) is 32.1 Å². The van der Waals surface area contributed by atoms with E-state index in [2.05, 4.69) is 71.1 Å². The Balaban J connectivity index is 0.000000808. The van der Waals surface area contributed by atoms with Crippen LogP contribution in [0.2, 0.25) is 18.6 Å². The first-order valence-corrected chi connectivity index (χ1v) is 19.2. The second-order valence-electron chi connectivity index (χ2n) is 11.6. The van der Waals surface area contributed by atoms with Crippen LogP contribution in [-0.2, 0) is 17.0 Å². The van der Waals surface area contributed by atoms with Gasteiger partial charge in [0.15, 0.2) is 0 Å². The number of hydrogen-bond acceptors (Lipinski definition) is 0. The standard InChI is InChI=1S/C25H40NSi.CH3.2ClH.Ti/c1-17-15-21-22(24(17)27(5,6)26-25(2,3)4)16-19-13-10-14-20(19)23(21)18-11-8-7-9-12-18;;;;/h7-9,11-12,17,19-24H,10,13-16H2,1-6H3;1H3;2*1H;/q2*-1;;;+2/p-2. The molecular formula is C26H43Cl2NSiTi-2. The van der Waals surface area contributed by atoms with E-state index < -0.39 is 25.3 Å². The summed E-state index contributed by atoms with van der Waals surface area (Å²) < 4.78 is 0. The van der Waals surface area contributed by atoms with Crippen molar-refractivity contribution in [3.8, 4) is 0 Å². The van der Waals surface area contributed by atoms with Gasteiger partial charge in [-0.2, -0.15) is 0 Å². The number of fused-ring (bicyclic) bond motifs is 2. The minimum atomic E-state index is -1.63. The van der Waals surface area contributed by atoms with Crippen molar-refractivity contribution in [2.75, 3.05) is 0 Å². The predicted molar refractivity (Wildman–Crippen MR) is 138 cm³/mol. The van der Waals surface area contributed by atoms with Crippen LogP contribution in [0.15, 0.2) is 30.3 Å². The van der Waals surface area contributed by atoms with E-state index in [0.717, 1.165) is 41.0 Å². The topological polar surface area (TPSA) is 14.1 Å². The van der Waals surface area contributed by atoms with E-state index in [4.69, 9.17) is 23.6 Å². The van der Waals surface area contributed by atoms with Gasteiger partial charge in [-0.25, -0.2) is 0 Å². The first-order chi connectivity index (χ1) is 14.1. The average molecular weight is 516 g/mol. The van der Waals surface area contributed by atoms with Crippen molar-refractivity contribution in [3.63, 3.8) is 0 Å². The van der Waals surface area contributed by atoms with Crippen LogP contribution in [-0.4, -0.2) is 13.8 Å². The molecule has 0 saturated heterocycles. The third kappa shape index (κ3) is 6.43. The fourth-order valence-corrected chi connectivity index (χ4v) is 12.8. The molecule has 0 aliphatic heterocycles. The number of halogens is 2. The van der Waals surface area contributed by atoms with Gasteiger partial charge in [0.25, 0.3) is 0 Å². The van der Waals surface area contributed by atoms with Gasteiger partial charge in [-0.05, 0) is 60.3 Å². The van der Waals surface area contributed by atoms with Gasteiger partial charge in [0.1, 0.15) is 0 Å². The molecule has 0 spiro atoms. The summed E-state index contributed by atoms with van der Waals surface area (Å²) in [5.41, 5.74) is 2.62. The summed E-state index contributed by atoms with van der Waals surface area (Å²) in [6, 6.07) is 11.6. The predicted octanol–water partition coefficient (Wildman–Crippen LogP) is 9.44. The van der Waals surface area contributed by atoms with Gasteiger partial charge < -0.3 is 12.4 Å². The zero-order valence-corrected chi connectivity index (χ0v) is 24.7. The summed E-state index contributed by atoms with van der Waals surface area (Å²) in [6.07, 6.45) is 7.36. The molecule has 7 atom stereocenters. The van der Waals surface area contributed by atoms with Crippen molar-refractivity contribution in [3.05, 3.63) is 48.3 Å². The van der Waals surface area contributed by atoms with Gasteiger partial charge in [-0.1, -0.05) is 97.7 Å². The number of hydrogen-bond donors (Lipinski definition) is 0. The van der Waals surface area contributed by atoms with Crippen LogP contribution >= 0.6 is 18.6 Å². The second-order valence-corrected chi connectivity index (χ2v) is 18.4. The molecule has 0 aromatic heterocycles. The van der Waals surface area contributed by atoms with E-state index in [1.54, 1.807) is 5.56 Å². The summed E-state index contributed by atoms with van der Waals surface area (Å²) in [6.45, 7) is 14.6. The Hall–Kier alpha value is 0.691. The van der Waals surface area contributed by atoms with Gasteiger partial charge in [0.05, 0.1) is 0 Å². The van der Waals surface area contributed by atoms with Crippen molar-refractivity contribution >= 4 is 26.8 Å². The average Bonchev–Trinajstić information content (AvgIpc) is 3.22. The monoisotopic (exact) mass is 515 g/mol. The molecule has 0 N–H and O–H groups in total. The van der Waals surface area contributed by atoms with Gasteiger partial charge in [-0.15, -0.1) is 5.54 Å². The van der Waals surface area contributed by atoms with Crippen molar-refractivity contribution < 1.29 is 17.0 Å². The molecule has 3 saturated carbocycles. The molecule has 3 fully saturated rings. The van der Waals surface area contributed by atoms with Crippen LogP contribution in [0.5, 0.6) is 0 Å². The molecule has 0 bridgehead atoms. The Bertz CT molecular complexity index is 678. The van der Waals surface area contributed by atoms with Crippen LogP contribution in [0.3, 0.4) is 0 Å². The van der Waals surface area contributed by atoms with Crippen LogP contribution in [0.25, 0.3) is 4.98 Å². The van der Waals surface area contributed by atoms with E-state index in [0.29, 0.717) is 0 Å². The minimum absolute atomic E-state index is 0. The maximum absolute atomic E-state index is 5.49. The number of benzene rings is 1. The first-order valence-electron chi connectivity index (χ1n) is 11.8. The quantitative estimate of drug-likeness (QED) is 0.281. The van der Waals surface area contributed by atoms with Crippen LogP contribution in [0, 0.1) is 37.0 Å². The van der Waals surface area contributed by atoms with Gasteiger partial charge in [0.2, 0.25) is 0 Å². The molecule has 31 heavy (non-hydrogen) atoms. The molecular weight excluding hydrogens is 473 g/mol. The summed E-state index contributed by atoms with van der Waals surface area (Å²) in [5, 5.41) is 0. The van der Waals surface area contributed by atoms with Crippen LogP contribution in [0.4, 0.5) is 0 Å². The Morgan fingerprint density at radius 3 is 2.16 bits per heavy atom. The molecule has 0 radical (unpaired) electrons. The zero-order chi connectivity index (χ0) is 22.1. The molecule has 1 aromatic rings. The van der Waals surface area contributed by atoms with Gasteiger partial charge in [0, 0.05) is 0 Å². The zero-order valence-electron chi connectivity index (χ0n) is 20.7. The fraction of sp³-hybridized carbons (Fsp3) is 0.731. The van der Waals surface area contributed by atoms with E-state index >= 15 is 0 Å². The number of nitrogens with zero attached hydrogens (tertiary/aromatic N) is 1. The Kier molecular flexibility index (Phi) is 10.3. The molecule has 1 aromatic carbocycles. The molecule has 176 valence electrons. The molecule has 7 unspecified atom stereocenters. The molecule has 3 aliphatic rings. The second kappa shape index (κ2) is 11.4. The SMILES string of the molecule is CC1CC2C(CC3CCCC3C2c2ccccc2)C1[Si](C)(C)[N-]C(C)(C)C.[CH3-].[Cl][Ti][Cl]. The van der Waals surface area contributed by atoms with Crippen molar-refractivity contribution in [1.29, 1.82) is 0 Å². The van der Waals surface area contributed by atoms with Gasteiger partial charge >= 0.3 is 35.6 Å². The first kappa shape index (κ1) is 27.9. The van der Waals surface area contributed by atoms with E-state index in [1.807, 2.05) is 0 Å². The summed E-state index contributed by atoms with van der Waals surface area (Å²) in [5.74, 6) is 5.39. The molecule has 0 heterocycles. The Labute approximate surface area is 210 Å². The summed E-state index contributed by atoms with van der Waals surface area (Å²) in [7, 11) is 8.15. The van der Waals surface area contributed by atoms with Crippen molar-refractivity contribution in [2.45, 2.75) is 89.9 Å². The maximum atomic E-state index is 5.49. The van der Waals surface area contributed by atoms with E-state index in [9.17, 15) is 0 Å². The normalized spacial score (nSPS) is 34.6. The molecule has 5 heteroatoms. The molecule has 3 aliphatic carbocycles. The summed E-state index contributed by atoms with van der Waals surface area (Å²) >= 11 is -0.556. The van der Waals surface area contributed by atoms with Crippen molar-refractivity contribution in [2.24, 2.45) is 29.6 Å². The third-order valence-electron chi connectivity index (χ3n) is 8.11. The summed E-state index contributed by atoms with van der Waals surface area (Å²) in [4.78, 5) is 5.49. The fourth-order valence-electron chi connectivity index (χ4n) is 8.00. The number of rotatable bonds is 3. The van der Waals surface area contributed by atoms with E-state index in [-0.39, 0.29) is 13.0 Å². The van der Waals surface area contributed by atoms with Crippen LogP contribution < -0.4 is 0 Å². The Morgan fingerprint density at radius 1 is 0.968 bits per heavy atom. The molecule has 4 rings (SSSR count). The van der Waals surface area contributed by atoms with Gasteiger partial charge in [-0.3, -0.25) is 0 Å². The molecule has 1 nitrogen and oxygen atoms in total. The third-order valence-corrected chi connectivity index (χ3v) is 12.0. The van der Waals surface area contributed by atoms with Crippen LogP contribution in [0.1, 0.15) is 71.3 Å². The van der Waals surface area contributed by atoms with Crippen molar-refractivity contribution in [1.82, 2.24) is 0 Å². The Morgan fingerprint density at radius 2 is 1.58 bits per heavy atom.